The molecule has 0 radical (unpaired) electrons. The molecule has 1 N–H and O–H groups in total. The third-order valence-corrected chi connectivity index (χ3v) is 3.10. The maximum atomic E-state index is 11.5. The minimum atomic E-state index is 0.0187. The monoisotopic (exact) mass is 316 g/mol. The Kier molecular flexibility index (Phi) is 23.8. The molecule has 22 heavy (non-hydrogen) atoms. The molecule has 4 heteroatoms. The first-order valence-corrected chi connectivity index (χ1v) is 9.13. The lowest BCUT2D eigenvalue weighted by Crippen LogP contribution is -2.44. The standard InChI is InChI=1S/C12H22N2O2.3C2H6/c1-3-14-8-6-11(7-9-14)13-12(16)5-4-10(2)15;3*1-2/h11H,3-9H2,1-2H3,(H,13,16);3*1-2H3. The van der Waals surface area contributed by atoms with Crippen LogP contribution in [-0.2, 0) is 9.59 Å². The number of Topliss-reactive ketones (excluding diaryl/α,β-unsaturated/α-hetero) is 1. The first-order chi connectivity index (χ1) is 10.6. The minimum absolute atomic E-state index is 0.0187. The highest BCUT2D eigenvalue weighted by molar-refractivity contribution is 5.83. The summed E-state index contributed by atoms with van der Waals surface area (Å²) in [6, 6.07) is 0.308. The molecule has 0 bridgehead atoms. The van der Waals surface area contributed by atoms with Gasteiger partial charge in [0, 0.05) is 32.0 Å². The summed E-state index contributed by atoms with van der Waals surface area (Å²) in [6.45, 7) is 18.9. The molecule has 1 aliphatic rings. The van der Waals surface area contributed by atoms with Crippen LogP contribution in [0.5, 0.6) is 0 Å². The predicted molar refractivity (Wildman–Crippen MR) is 97.2 cm³/mol. The van der Waals surface area contributed by atoms with Crippen molar-refractivity contribution in [2.45, 2.75) is 87.1 Å². The van der Waals surface area contributed by atoms with E-state index in [0.29, 0.717) is 18.9 Å². The molecule has 0 unspecified atom stereocenters. The molecule has 1 saturated heterocycles. The van der Waals surface area contributed by atoms with E-state index in [9.17, 15) is 9.59 Å². The third-order valence-electron chi connectivity index (χ3n) is 3.10. The molecule has 1 amide bonds. The van der Waals surface area contributed by atoms with Crippen LogP contribution < -0.4 is 5.32 Å². The van der Waals surface area contributed by atoms with Gasteiger partial charge in [0.15, 0.2) is 0 Å². The van der Waals surface area contributed by atoms with Crippen LogP contribution in [0.2, 0.25) is 0 Å². The number of carbonyl (C=O) groups is 2. The van der Waals surface area contributed by atoms with Crippen molar-refractivity contribution in [1.29, 1.82) is 0 Å². The Morgan fingerprint density at radius 1 is 0.955 bits per heavy atom. The lowest BCUT2D eigenvalue weighted by molar-refractivity contribution is -0.125. The molecule has 1 rings (SSSR count). The van der Waals surface area contributed by atoms with Crippen molar-refractivity contribution in [3.05, 3.63) is 0 Å². The van der Waals surface area contributed by atoms with E-state index in [4.69, 9.17) is 0 Å². The normalized spacial score (nSPS) is 14.2. The van der Waals surface area contributed by atoms with Crippen LogP contribution in [0.4, 0.5) is 0 Å². The summed E-state index contributed by atoms with van der Waals surface area (Å²) in [5.74, 6) is 0.0982. The molecule has 1 aliphatic heterocycles. The van der Waals surface area contributed by atoms with E-state index in [-0.39, 0.29) is 11.7 Å². The van der Waals surface area contributed by atoms with Gasteiger partial charge in [-0.15, -0.1) is 0 Å². The van der Waals surface area contributed by atoms with Gasteiger partial charge in [0.25, 0.3) is 0 Å². The number of hydrogen-bond donors (Lipinski definition) is 1. The molecule has 0 aliphatic carbocycles. The summed E-state index contributed by atoms with van der Waals surface area (Å²) >= 11 is 0. The number of nitrogens with one attached hydrogen (secondary N) is 1. The molecule has 4 nitrogen and oxygen atoms in total. The Labute approximate surface area is 139 Å². The number of amides is 1. The zero-order valence-electron chi connectivity index (χ0n) is 16.3. The second kappa shape index (κ2) is 20.1. The molecule has 0 saturated carbocycles. The van der Waals surface area contributed by atoms with Gasteiger partial charge in [0.2, 0.25) is 5.91 Å². The van der Waals surface area contributed by atoms with Crippen LogP contribution in [0.1, 0.15) is 81.1 Å². The Hall–Kier alpha value is -0.900. The topological polar surface area (TPSA) is 49.4 Å². The lowest BCUT2D eigenvalue weighted by Gasteiger charge is -2.31. The van der Waals surface area contributed by atoms with Crippen LogP contribution in [-0.4, -0.2) is 42.3 Å². The zero-order chi connectivity index (χ0) is 18.0. The maximum absolute atomic E-state index is 11.5. The fourth-order valence-corrected chi connectivity index (χ4v) is 1.98. The Morgan fingerprint density at radius 3 is 1.77 bits per heavy atom. The van der Waals surface area contributed by atoms with Crippen molar-refractivity contribution < 1.29 is 9.59 Å². The maximum Gasteiger partial charge on any atom is 0.220 e. The summed E-state index contributed by atoms with van der Waals surface area (Å²) in [5, 5.41) is 3.00. The quantitative estimate of drug-likeness (QED) is 0.833. The molecule has 0 aromatic carbocycles. The van der Waals surface area contributed by atoms with E-state index in [2.05, 4.69) is 17.1 Å². The van der Waals surface area contributed by atoms with Gasteiger partial charge < -0.3 is 15.0 Å². The number of carbonyl (C=O) groups excluding carboxylic acids is 2. The van der Waals surface area contributed by atoms with Crippen molar-refractivity contribution in [3.63, 3.8) is 0 Å². The first-order valence-electron chi connectivity index (χ1n) is 9.13. The summed E-state index contributed by atoms with van der Waals surface area (Å²) in [5.41, 5.74) is 0. The fraction of sp³-hybridized carbons (Fsp3) is 0.889. The molecule has 0 aromatic heterocycles. The van der Waals surface area contributed by atoms with E-state index in [0.717, 1.165) is 32.5 Å². The second-order valence-electron chi connectivity index (χ2n) is 4.48. The van der Waals surface area contributed by atoms with Gasteiger partial charge in [0.1, 0.15) is 5.78 Å². The Balaban J connectivity index is -0.000000535. The third kappa shape index (κ3) is 15.5. The molecule has 0 aromatic rings. The van der Waals surface area contributed by atoms with Crippen molar-refractivity contribution in [3.8, 4) is 0 Å². The number of piperidine rings is 1. The average Bonchev–Trinajstić information content (AvgIpc) is 2.59. The zero-order valence-corrected chi connectivity index (χ0v) is 16.3. The predicted octanol–water partition coefficient (Wildman–Crippen LogP) is 4.03. The fourth-order valence-electron chi connectivity index (χ4n) is 1.98. The van der Waals surface area contributed by atoms with Crippen LogP contribution in [0, 0.1) is 0 Å². The Bertz CT molecular complexity index is 247. The van der Waals surface area contributed by atoms with Gasteiger partial charge in [-0.25, -0.2) is 0 Å². The van der Waals surface area contributed by atoms with Gasteiger partial charge in [0.05, 0.1) is 0 Å². The highest BCUT2D eigenvalue weighted by atomic mass is 16.2. The lowest BCUT2D eigenvalue weighted by atomic mass is 10.0. The number of likely N-dealkylation sites (tertiary alicyclic amines) is 1. The minimum Gasteiger partial charge on any atom is -0.353 e. The van der Waals surface area contributed by atoms with E-state index in [1.54, 1.807) is 0 Å². The van der Waals surface area contributed by atoms with Crippen molar-refractivity contribution in [2.75, 3.05) is 19.6 Å². The smallest absolute Gasteiger partial charge is 0.220 e. The second-order valence-corrected chi connectivity index (χ2v) is 4.48. The molecule has 1 fully saturated rings. The summed E-state index contributed by atoms with van der Waals surface area (Å²) in [6.07, 6.45) is 2.75. The van der Waals surface area contributed by atoms with Gasteiger partial charge >= 0.3 is 0 Å². The number of nitrogens with zero attached hydrogens (tertiary/aromatic N) is 1. The van der Waals surface area contributed by atoms with Gasteiger partial charge in [-0.2, -0.15) is 0 Å². The Morgan fingerprint density at radius 2 is 1.41 bits per heavy atom. The molecule has 0 atom stereocenters. The highest BCUT2D eigenvalue weighted by Gasteiger charge is 2.19. The van der Waals surface area contributed by atoms with Crippen LogP contribution in [0.25, 0.3) is 0 Å². The van der Waals surface area contributed by atoms with Crippen LogP contribution >= 0.6 is 0 Å². The van der Waals surface area contributed by atoms with Crippen LogP contribution in [0.3, 0.4) is 0 Å². The summed E-state index contributed by atoms with van der Waals surface area (Å²) < 4.78 is 0. The summed E-state index contributed by atoms with van der Waals surface area (Å²) in [4.78, 5) is 24.6. The molecular formula is C18H40N2O2. The highest BCUT2D eigenvalue weighted by Crippen LogP contribution is 2.09. The van der Waals surface area contributed by atoms with Gasteiger partial charge in [-0.3, -0.25) is 4.79 Å². The van der Waals surface area contributed by atoms with Gasteiger partial charge in [-0.1, -0.05) is 48.5 Å². The summed E-state index contributed by atoms with van der Waals surface area (Å²) in [7, 11) is 0. The number of hydrogen-bond acceptors (Lipinski definition) is 3. The molecule has 1 heterocycles. The first kappa shape index (κ1) is 26.0. The largest absolute Gasteiger partial charge is 0.353 e. The SMILES string of the molecule is CC.CC.CC.CCN1CCC(NC(=O)CCC(C)=O)CC1. The number of ketones is 1. The molecular weight excluding hydrogens is 276 g/mol. The van der Waals surface area contributed by atoms with Crippen molar-refractivity contribution >= 4 is 11.7 Å². The number of rotatable bonds is 5. The van der Waals surface area contributed by atoms with Crippen molar-refractivity contribution in [1.82, 2.24) is 10.2 Å². The van der Waals surface area contributed by atoms with E-state index >= 15 is 0 Å². The average molecular weight is 317 g/mol. The van der Waals surface area contributed by atoms with Gasteiger partial charge in [-0.05, 0) is 26.3 Å². The van der Waals surface area contributed by atoms with E-state index < -0.39 is 0 Å². The van der Waals surface area contributed by atoms with Crippen LogP contribution in [0.15, 0.2) is 0 Å². The van der Waals surface area contributed by atoms with E-state index in [1.165, 1.54) is 6.92 Å². The molecule has 0 spiro atoms. The van der Waals surface area contributed by atoms with Crippen molar-refractivity contribution in [2.24, 2.45) is 0 Å². The molecule has 134 valence electrons. The van der Waals surface area contributed by atoms with E-state index in [1.807, 2.05) is 41.5 Å².